The SMILES string of the molecule is Cc1ccc(N=Nc2ccc([O-])c3cc(S(=O)(=O)[O-])cnc23)nc1.[Ni].[O-]OOSc1cnc2c(N=Nc3cnccn3)ccc([O-])c2c1. The van der Waals surface area contributed by atoms with E-state index in [2.05, 4.69) is 54.7 Å². The topological polar surface area (TPSA) is 259 Å². The molecule has 0 aliphatic rings. The number of nitrogens with zero attached hydrogens (tertiary/aromatic N) is 9. The van der Waals surface area contributed by atoms with E-state index >= 15 is 0 Å². The van der Waals surface area contributed by atoms with Crippen molar-refractivity contribution in [3.05, 3.63) is 91.3 Å². The zero-order valence-electron chi connectivity index (χ0n) is 24.0. The Morgan fingerprint density at radius 1 is 0.729 bits per heavy atom. The third kappa shape index (κ3) is 9.04. The molecule has 4 aromatic heterocycles. The van der Waals surface area contributed by atoms with Crippen molar-refractivity contribution in [2.45, 2.75) is 16.7 Å². The van der Waals surface area contributed by atoms with Gasteiger partial charge in [-0.3, -0.25) is 20.0 Å². The second-order valence-electron chi connectivity index (χ2n) is 9.13. The Kier molecular flexibility index (Phi) is 12.0. The summed E-state index contributed by atoms with van der Waals surface area (Å²) in [5, 5.41) is 53.2. The van der Waals surface area contributed by atoms with Crippen molar-refractivity contribution >= 4 is 67.0 Å². The fourth-order valence-electron chi connectivity index (χ4n) is 3.79. The van der Waals surface area contributed by atoms with Crippen LogP contribution in [-0.2, 0) is 36.0 Å². The van der Waals surface area contributed by atoms with Gasteiger partial charge in [-0.05, 0) is 53.6 Å². The van der Waals surface area contributed by atoms with E-state index in [1.54, 1.807) is 12.3 Å². The van der Waals surface area contributed by atoms with E-state index in [-0.39, 0.29) is 38.8 Å². The van der Waals surface area contributed by atoms with Gasteiger partial charge in [0.05, 0.1) is 39.1 Å². The Morgan fingerprint density at radius 2 is 1.38 bits per heavy atom. The summed E-state index contributed by atoms with van der Waals surface area (Å²) >= 11 is 0.652. The second-order valence-corrected chi connectivity index (χ2v) is 11.3. The Bertz CT molecular complexity index is 2210. The first-order valence-corrected chi connectivity index (χ1v) is 15.1. The monoisotopic (exact) mass is 729 g/mol. The largest absolute Gasteiger partial charge is 0.872 e. The smallest absolute Gasteiger partial charge is 0.192 e. The molecule has 0 unspecified atom stereocenters. The third-order valence-electron chi connectivity index (χ3n) is 5.94. The average Bonchev–Trinajstić information content (AvgIpc) is 3.08. The number of aromatic nitrogens is 5. The maximum atomic E-state index is 12.0. The minimum Gasteiger partial charge on any atom is -0.872 e. The molecule has 0 atom stereocenters. The Balaban J connectivity index is 0.000000212. The standard InChI is InChI=1S/C15H12N4O4S.C13H9N5O4S.Ni/c1-9-2-5-14(16-7-9)19-18-12-3-4-13(20)11-6-10(24(21,22)23)8-17-15(11)12;19-11-2-1-10(17-18-12-7-14-3-4-15-12)13-9(11)5-8(6-16-13)23-22-21-20;/h2-8,20H,1H3,(H,21,22,23);1-7,19-20H;/p-4. The second kappa shape index (κ2) is 16.2. The fourth-order valence-corrected chi connectivity index (χ4v) is 4.60. The summed E-state index contributed by atoms with van der Waals surface area (Å²) in [5.41, 5.74) is 2.18. The number of hydrogen-bond donors (Lipinski definition) is 0. The number of azo groups is 2. The molecule has 248 valence electrons. The van der Waals surface area contributed by atoms with Crippen LogP contribution in [0.15, 0.2) is 116 Å². The van der Waals surface area contributed by atoms with Crippen LogP contribution < -0.4 is 15.5 Å². The fraction of sp³-hybridized carbons (Fsp3) is 0.0357. The molecule has 0 N–H and O–H groups in total. The van der Waals surface area contributed by atoms with Gasteiger partial charge in [0.15, 0.2) is 11.6 Å². The molecule has 0 aliphatic heterocycles. The van der Waals surface area contributed by atoms with Crippen molar-refractivity contribution in [1.82, 2.24) is 24.9 Å². The maximum absolute atomic E-state index is 12.0. The number of rotatable bonds is 8. The third-order valence-corrected chi connectivity index (χ3v) is 7.28. The first-order chi connectivity index (χ1) is 22.6. The predicted octanol–water partition coefficient (Wildman–Crippen LogP) is 4.07. The van der Waals surface area contributed by atoms with E-state index < -0.39 is 20.8 Å². The molecule has 6 rings (SSSR count). The van der Waals surface area contributed by atoms with Crippen LogP contribution in [0.2, 0.25) is 0 Å². The van der Waals surface area contributed by atoms with Gasteiger partial charge < -0.3 is 20.0 Å². The summed E-state index contributed by atoms with van der Waals surface area (Å²) in [6, 6.07) is 11.5. The van der Waals surface area contributed by atoms with Crippen molar-refractivity contribution in [1.29, 1.82) is 0 Å². The van der Waals surface area contributed by atoms with Crippen LogP contribution >= 0.6 is 12.0 Å². The Morgan fingerprint density at radius 3 is 1.96 bits per heavy atom. The molecule has 4 heterocycles. The average molecular weight is 730 g/mol. The predicted molar refractivity (Wildman–Crippen MR) is 158 cm³/mol. The van der Waals surface area contributed by atoms with E-state index in [0.717, 1.165) is 17.8 Å². The summed E-state index contributed by atoms with van der Waals surface area (Å²) in [5.74, 6) is 0.00517. The molecular weight excluding hydrogens is 713 g/mol. The van der Waals surface area contributed by atoms with Gasteiger partial charge in [0, 0.05) is 47.5 Å². The van der Waals surface area contributed by atoms with E-state index in [4.69, 9.17) is 0 Å². The molecule has 20 heteroatoms. The van der Waals surface area contributed by atoms with Crippen LogP contribution in [0, 0.1) is 6.92 Å². The van der Waals surface area contributed by atoms with E-state index in [0.29, 0.717) is 45.2 Å². The summed E-state index contributed by atoms with van der Waals surface area (Å²) in [6.07, 6.45) is 8.43. The van der Waals surface area contributed by atoms with Gasteiger partial charge in [-0.15, -0.1) is 20.5 Å². The molecule has 0 fully saturated rings. The maximum Gasteiger partial charge on any atom is 0.192 e. The van der Waals surface area contributed by atoms with Crippen molar-refractivity contribution in [2.75, 3.05) is 0 Å². The molecule has 0 saturated carbocycles. The summed E-state index contributed by atoms with van der Waals surface area (Å²) in [6.45, 7) is 1.89. The molecule has 0 amide bonds. The Hall–Kier alpha value is -5.08. The van der Waals surface area contributed by atoms with Gasteiger partial charge in [0.25, 0.3) is 0 Å². The minimum atomic E-state index is -4.70. The zero-order chi connectivity index (χ0) is 33.4. The molecule has 48 heavy (non-hydrogen) atoms. The van der Waals surface area contributed by atoms with Crippen molar-refractivity contribution in [3.63, 3.8) is 0 Å². The molecule has 0 aliphatic carbocycles. The van der Waals surface area contributed by atoms with Crippen LogP contribution in [0.1, 0.15) is 5.56 Å². The van der Waals surface area contributed by atoms with Gasteiger partial charge in [0.1, 0.15) is 21.5 Å². The molecule has 0 spiro atoms. The molecule has 0 bridgehead atoms. The van der Waals surface area contributed by atoms with E-state index in [1.807, 2.05) is 13.0 Å². The quantitative estimate of drug-likeness (QED) is 0.0534. The zero-order valence-corrected chi connectivity index (χ0v) is 26.6. The summed E-state index contributed by atoms with van der Waals surface area (Å²) in [4.78, 5) is 19.8. The van der Waals surface area contributed by atoms with E-state index in [1.165, 1.54) is 55.1 Å². The minimum absolute atomic E-state index is 0. The van der Waals surface area contributed by atoms with Crippen LogP contribution in [0.3, 0.4) is 0 Å². The Labute approximate surface area is 285 Å². The van der Waals surface area contributed by atoms with Crippen LogP contribution in [0.25, 0.3) is 21.8 Å². The van der Waals surface area contributed by atoms with Gasteiger partial charge in [0.2, 0.25) is 0 Å². The van der Waals surface area contributed by atoms with Crippen molar-refractivity contribution in [3.8, 4) is 11.5 Å². The number of pyridine rings is 3. The van der Waals surface area contributed by atoms with Crippen LogP contribution in [0.5, 0.6) is 11.5 Å². The number of aryl methyl sites for hydroxylation is 1. The van der Waals surface area contributed by atoms with Crippen LogP contribution in [0.4, 0.5) is 23.0 Å². The summed E-state index contributed by atoms with van der Waals surface area (Å²) in [7, 11) is -4.70. The van der Waals surface area contributed by atoms with Crippen LogP contribution in [-0.4, -0.2) is 37.9 Å². The van der Waals surface area contributed by atoms with Gasteiger partial charge in [-0.25, -0.2) is 18.4 Å². The van der Waals surface area contributed by atoms with E-state index in [9.17, 15) is 28.4 Å². The van der Waals surface area contributed by atoms with Gasteiger partial charge in [-0.2, -0.15) is 4.33 Å². The molecule has 6 aromatic rings. The van der Waals surface area contributed by atoms with Gasteiger partial charge >= 0.3 is 0 Å². The number of fused-ring (bicyclic) bond motifs is 2. The summed E-state index contributed by atoms with van der Waals surface area (Å²) < 4.78 is 37.4. The molecule has 0 saturated heterocycles. The first kappa shape index (κ1) is 35.8. The van der Waals surface area contributed by atoms with Gasteiger partial charge in [-0.1, -0.05) is 29.7 Å². The normalized spacial score (nSPS) is 11.5. The van der Waals surface area contributed by atoms with Crippen molar-refractivity contribution in [2.24, 2.45) is 20.5 Å². The number of benzene rings is 2. The molecule has 2 aromatic carbocycles. The molecule has 17 nitrogen and oxygen atoms in total. The first-order valence-electron chi connectivity index (χ1n) is 12.9. The van der Waals surface area contributed by atoms with Crippen molar-refractivity contribution < 1.29 is 54.3 Å². The molecular formula is C28H17N9NiO8S2-4. The number of hydrogen-bond acceptors (Lipinski definition) is 18. The molecule has 0 radical (unpaired) electrons.